The molecule has 0 saturated carbocycles. The maximum Gasteiger partial charge on any atom is 0.180 e. The van der Waals surface area contributed by atoms with E-state index in [9.17, 15) is 0 Å². The predicted molar refractivity (Wildman–Crippen MR) is 107 cm³/mol. The highest BCUT2D eigenvalue weighted by molar-refractivity contribution is 5.96. The van der Waals surface area contributed by atoms with Gasteiger partial charge in [-0.3, -0.25) is 0 Å². The van der Waals surface area contributed by atoms with Crippen molar-refractivity contribution in [3.8, 4) is 11.3 Å². The number of pyridine rings is 1. The van der Waals surface area contributed by atoms with Crippen LogP contribution in [0.5, 0.6) is 0 Å². The topological polar surface area (TPSA) is 86.6 Å². The van der Waals surface area contributed by atoms with Gasteiger partial charge in [0, 0.05) is 28.7 Å². The summed E-state index contributed by atoms with van der Waals surface area (Å²) in [6, 6.07) is 10.5. The van der Waals surface area contributed by atoms with Gasteiger partial charge in [0.15, 0.2) is 5.65 Å². The summed E-state index contributed by atoms with van der Waals surface area (Å²) in [6.45, 7) is 6.21. The first-order valence-corrected chi connectivity index (χ1v) is 8.97. The molecule has 1 aromatic carbocycles. The molecular weight excluding hydrogens is 324 g/mol. The molecule has 0 amide bonds. The Labute approximate surface area is 152 Å². The van der Waals surface area contributed by atoms with Gasteiger partial charge in [-0.25, -0.2) is 9.97 Å². The molecular formula is C20H24N6. The van der Waals surface area contributed by atoms with Gasteiger partial charge in [-0.05, 0) is 50.7 Å². The summed E-state index contributed by atoms with van der Waals surface area (Å²) in [4.78, 5) is 17.9. The highest BCUT2D eigenvalue weighted by Crippen LogP contribution is 2.31. The van der Waals surface area contributed by atoms with E-state index < -0.39 is 0 Å². The zero-order valence-electron chi connectivity index (χ0n) is 15.4. The molecule has 0 atom stereocenters. The van der Waals surface area contributed by atoms with Crippen LogP contribution in [0.25, 0.3) is 33.3 Å². The summed E-state index contributed by atoms with van der Waals surface area (Å²) in [5, 5.41) is 1.26. The van der Waals surface area contributed by atoms with Crippen molar-refractivity contribution in [3.05, 3.63) is 41.7 Å². The third kappa shape index (κ3) is 2.93. The Morgan fingerprint density at radius 2 is 2.00 bits per heavy atom. The molecule has 134 valence electrons. The molecule has 4 rings (SSSR count). The first kappa shape index (κ1) is 16.6. The lowest BCUT2D eigenvalue weighted by Gasteiger charge is -2.13. The molecule has 0 aliphatic heterocycles. The van der Waals surface area contributed by atoms with Crippen molar-refractivity contribution in [1.82, 2.24) is 24.8 Å². The largest absolute Gasteiger partial charge is 0.384 e. The smallest absolute Gasteiger partial charge is 0.180 e. The van der Waals surface area contributed by atoms with Gasteiger partial charge < -0.3 is 20.6 Å². The van der Waals surface area contributed by atoms with Crippen LogP contribution in [0.3, 0.4) is 0 Å². The number of nitrogens with two attached hydrogens (primary N) is 1. The number of anilines is 1. The molecule has 26 heavy (non-hydrogen) atoms. The van der Waals surface area contributed by atoms with Gasteiger partial charge in [-0.15, -0.1) is 0 Å². The molecule has 3 heterocycles. The van der Waals surface area contributed by atoms with Gasteiger partial charge in [0.05, 0.1) is 5.52 Å². The molecule has 4 N–H and O–H groups in total. The van der Waals surface area contributed by atoms with Crippen LogP contribution in [-0.2, 0) is 6.42 Å². The number of likely N-dealkylation sites (N-methyl/N-ethyl adjacent to an activating group) is 1. The molecule has 0 aliphatic rings. The summed E-state index contributed by atoms with van der Waals surface area (Å²) >= 11 is 0. The van der Waals surface area contributed by atoms with E-state index in [0.29, 0.717) is 11.5 Å². The van der Waals surface area contributed by atoms with Crippen molar-refractivity contribution >= 4 is 27.9 Å². The van der Waals surface area contributed by atoms with Crippen LogP contribution in [0.2, 0.25) is 0 Å². The van der Waals surface area contributed by atoms with Gasteiger partial charge in [-0.2, -0.15) is 0 Å². The number of aromatic amines is 2. The predicted octanol–water partition coefficient (Wildman–Crippen LogP) is 3.49. The van der Waals surface area contributed by atoms with E-state index >= 15 is 0 Å². The van der Waals surface area contributed by atoms with Gasteiger partial charge in [0.25, 0.3) is 0 Å². The zero-order chi connectivity index (χ0) is 18.3. The van der Waals surface area contributed by atoms with Crippen molar-refractivity contribution in [2.45, 2.75) is 20.3 Å². The maximum atomic E-state index is 6.01. The molecule has 0 saturated heterocycles. The average Bonchev–Trinajstić information content (AvgIpc) is 3.21. The second-order valence-electron chi connectivity index (χ2n) is 6.82. The van der Waals surface area contributed by atoms with E-state index in [2.05, 4.69) is 63.1 Å². The quantitative estimate of drug-likeness (QED) is 0.515. The lowest BCUT2D eigenvalue weighted by atomic mass is 10.1. The standard InChI is InChI=1S/C20H24N6/c1-4-26(3)9-8-13-6-5-7-16-14(13)10-17(24-16)15-11-18(21)25-20-19(15)22-12(2)23-20/h5-7,10-11,24H,4,8-9H2,1-3H3,(H3,21,22,23,25). The Morgan fingerprint density at radius 3 is 2.81 bits per heavy atom. The number of nitrogens with one attached hydrogen (secondary N) is 2. The van der Waals surface area contributed by atoms with E-state index in [-0.39, 0.29) is 0 Å². The number of H-pyrrole nitrogens is 2. The molecule has 0 unspecified atom stereocenters. The Hall–Kier alpha value is -2.86. The van der Waals surface area contributed by atoms with E-state index in [1.54, 1.807) is 0 Å². The molecule has 0 spiro atoms. The van der Waals surface area contributed by atoms with E-state index in [0.717, 1.165) is 47.6 Å². The van der Waals surface area contributed by atoms with E-state index in [1.807, 2.05) is 13.0 Å². The van der Waals surface area contributed by atoms with Crippen LogP contribution in [0.4, 0.5) is 5.82 Å². The Kier molecular flexibility index (Phi) is 4.12. The van der Waals surface area contributed by atoms with Crippen LogP contribution < -0.4 is 5.73 Å². The summed E-state index contributed by atoms with van der Waals surface area (Å²) in [7, 11) is 2.15. The first-order valence-electron chi connectivity index (χ1n) is 8.97. The number of benzene rings is 1. The zero-order valence-corrected chi connectivity index (χ0v) is 15.4. The lowest BCUT2D eigenvalue weighted by Crippen LogP contribution is -2.20. The second kappa shape index (κ2) is 6.46. The number of aromatic nitrogens is 4. The Bertz CT molecular complexity index is 1070. The lowest BCUT2D eigenvalue weighted by molar-refractivity contribution is 0.358. The number of hydrogen-bond donors (Lipinski definition) is 3. The minimum atomic E-state index is 0.474. The van der Waals surface area contributed by atoms with E-state index in [4.69, 9.17) is 5.73 Å². The highest BCUT2D eigenvalue weighted by Gasteiger charge is 2.14. The Balaban J connectivity index is 1.81. The molecule has 0 fully saturated rings. The molecule has 0 aliphatic carbocycles. The SMILES string of the molecule is CCN(C)CCc1cccc2[nH]c(-c3cc(N)nc4nc(C)[nH]c34)cc12. The number of fused-ring (bicyclic) bond motifs is 2. The number of nitrogen functional groups attached to an aromatic ring is 1. The van der Waals surface area contributed by atoms with Gasteiger partial charge in [0.1, 0.15) is 11.6 Å². The summed E-state index contributed by atoms with van der Waals surface area (Å²) in [6.07, 6.45) is 1.02. The minimum absolute atomic E-state index is 0.474. The maximum absolute atomic E-state index is 6.01. The fourth-order valence-electron chi connectivity index (χ4n) is 3.39. The molecule has 0 bridgehead atoms. The van der Waals surface area contributed by atoms with Crippen molar-refractivity contribution in [1.29, 1.82) is 0 Å². The molecule has 6 nitrogen and oxygen atoms in total. The third-order valence-electron chi connectivity index (χ3n) is 4.95. The summed E-state index contributed by atoms with van der Waals surface area (Å²) in [5.41, 5.74) is 12.1. The van der Waals surface area contributed by atoms with Crippen LogP contribution in [0.15, 0.2) is 30.3 Å². The monoisotopic (exact) mass is 348 g/mol. The Morgan fingerprint density at radius 1 is 1.15 bits per heavy atom. The number of hydrogen-bond acceptors (Lipinski definition) is 4. The number of imidazole rings is 1. The van der Waals surface area contributed by atoms with E-state index in [1.165, 1.54) is 10.9 Å². The molecule has 0 radical (unpaired) electrons. The number of rotatable bonds is 5. The summed E-state index contributed by atoms with van der Waals surface area (Å²) < 4.78 is 0. The number of nitrogens with zero attached hydrogens (tertiary/aromatic N) is 3. The van der Waals surface area contributed by atoms with Gasteiger partial charge in [-0.1, -0.05) is 19.1 Å². The third-order valence-corrected chi connectivity index (χ3v) is 4.95. The van der Waals surface area contributed by atoms with Crippen LogP contribution in [0.1, 0.15) is 18.3 Å². The second-order valence-corrected chi connectivity index (χ2v) is 6.82. The van der Waals surface area contributed by atoms with Crippen molar-refractivity contribution in [2.24, 2.45) is 0 Å². The van der Waals surface area contributed by atoms with Gasteiger partial charge in [0.2, 0.25) is 0 Å². The summed E-state index contributed by atoms with van der Waals surface area (Å²) in [5.74, 6) is 1.31. The highest BCUT2D eigenvalue weighted by atomic mass is 15.1. The fourth-order valence-corrected chi connectivity index (χ4v) is 3.39. The van der Waals surface area contributed by atoms with Gasteiger partial charge >= 0.3 is 0 Å². The normalized spacial score (nSPS) is 11.8. The molecule has 4 aromatic rings. The minimum Gasteiger partial charge on any atom is -0.384 e. The van der Waals surface area contributed by atoms with Crippen molar-refractivity contribution in [3.63, 3.8) is 0 Å². The molecule has 3 aromatic heterocycles. The molecule has 6 heteroatoms. The number of aryl methyl sites for hydroxylation is 1. The van der Waals surface area contributed by atoms with Crippen LogP contribution >= 0.6 is 0 Å². The van der Waals surface area contributed by atoms with Crippen LogP contribution in [-0.4, -0.2) is 45.0 Å². The first-order chi connectivity index (χ1) is 12.5. The van der Waals surface area contributed by atoms with Crippen molar-refractivity contribution < 1.29 is 0 Å². The van der Waals surface area contributed by atoms with Crippen LogP contribution in [0, 0.1) is 6.92 Å². The fraction of sp³-hybridized carbons (Fsp3) is 0.300. The average molecular weight is 348 g/mol. The van der Waals surface area contributed by atoms with Crippen molar-refractivity contribution in [2.75, 3.05) is 25.9 Å².